The molecule has 2 aromatic rings. The first-order valence-electron chi connectivity index (χ1n) is 6.01. The summed E-state index contributed by atoms with van der Waals surface area (Å²) in [5, 5.41) is 0.467. The molecule has 0 aliphatic heterocycles. The van der Waals surface area contributed by atoms with Gasteiger partial charge in [-0.3, -0.25) is 4.72 Å². The van der Waals surface area contributed by atoms with Crippen LogP contribution >= 0.6 is 11.6 Å². The van der Waals surface area contributed by atoms with E-state index in [9.17, 15) is 8.42 Å². The molecule has 0 amide bonds. The fraction of sp³-hybridized carbons (Fsp3) is 0.231. The lowest BCUT2D eigenvalue weighted by atomic mass is 10.3. The Hall–Kier alpha value is -1.86. The zero-order valence-electron chi connectivity index (χ0n) is 11.7. The first-order valence-corrected chi connectivity index (χ1v) is 7.87. The molecule has 1 aromatic carbocycles. The number of aryl methyl sites for hydroxylation is 2. The van der Waals surface area contributed by atoms with E-state index in [4.69, 9.17) is 16.3 Å². The molecule has 6 nitrogen and oxygen atoms in total. The first kappa shape index (κ1) is 15.5. The summed E-state index contributed by atoms with van der Waals surface area (Å²) in [6.07, 6.45) is 0. The fourth-order valence-corrected chi connectivity index (χ4v) is 3.03. The van der Waals surface area contributed by atoms with Crippen molar-refractivity contribution in [2.45, 2.75) is 18.7 Å². The number of anilines is 1. The topological polar surface area (TPSA) is 81.2 Å². The van der Waals surface area contributed by atoms with E-state index in [1.807, 2.05) is 0 Å². The van der Waals surface area contributed by atoms with Crippen molar-refractivity contribution in [1.29, 1.82) is 0 Å². The van der Waals surface area contributed by atoms with Crippen molar-refractivity contribution in [1.82, 2.24) is 9.97 Å². The van der Waals surface area contributed by atoms with Crippen LogP contribution in [0.25, 0.3) is 0 Å². The minimum Gasteiger partial charge on any atom is -0.467 e. The van der Waals surface area contributed by atoms with Crippen molar-refractivity contribution in [3.8, 4) is 6.01 Å². The van der Waals surface area contributed by atoms with Crippen LogP contribution in [0.1, 0.15) is 11.4 Å². The number of hydrogen-bond donors (Lipinski definition) is 1. The van der Waals surface area contributed by atoms with Crippen molar-refractivity contribution in [2.24, 2.45) is 0 Å². The normalized spacial score (nSPS) is 11.2. The van der Waals surface area contributed by atoms with E-state index < -0.39 is 10.0 Å². The van der Waals surface area contributed by atoms with Gasteiger partial charge in [0, 0.05) is 5.02 Å². The number of benzene rings is 1. The maximum absolute atomic E-state index is 12.3. The molecule has 1 heterocycles. The highest BCUT2D eigenvalue weighted by molar-refractivity contribution is 7.92. The van der Waals surface area contributed by atoms with Gasteiger partial charge in [-0.1, -0.05) is 11.6 Å². The largest absolute Gasteiger partial charge is 0.467 e. The van der Waals surface area contributed by atoms with E-state index in [1.165, 1.54) is 31.4 Å². The maximum Gasteiger partial charge on any atom is 0.316 e. The summed E-state index contributed by atoms with van der Waals surface area (Å²) >= 11 is 5.76. The average molecular weight is 328 g/mol. The Morgan fingerprint density at radius 2 is 1.62 bits per heavy atom. The summed E-state index contributed by atoms with van der Waals surface area (Å²) in [6.45, 7) is 3.35. The van der Waals surface area contributed by atoms with Gasteiger partial charge in [0.05, 0.1) is 29.1 Å². The van der Waals surface area contributed by atoms with Crippen LogP contribution in [0.4, 0.5) is 5.69 Å². The number of halogens is 1. The molecule has 1 aromatic heterocycles. The maximum atomic E-state index is 12.3. The standard InChI is InChI=1S/C13H14ClN3O3S/c1-8-12(9(2)16-13(15-8)20-3)17-21(18,19)11-6-4-10(14)5-7-11/h4-7,17H,1-3H3. The molecule has 0 saturated carbocycles. The van der Waals surface area contributed by atoms with Crippen LogP contribution in [0, 0.1) is 13.8 Å². The molecule has 0 bridgehead atoms. The molecule has 0 saturated heterocycles. The molecular formula is C13H14ClN3O3S. The smallest absolute Gasteiger partial charge is 0.316 e. The third kappa shape index (κ3) is 3.43. The SMILES string of the molecule is COc1nc(C)c(NS(=O)(=O)c2ccc(Cl)cc2)c(C)n1. The Kier molecular flexibility index (Phi) is 4.34. The third-order valence-electron chi connectivity index (χ3n) is 2.79. The average Bonchev–Trinajstić information content (AvgIpc) is 2.43. The summed E-state index contributed by atoms with van der Waals surface area (Å²) in [5.41, 5.74) is 1.31. The van der Waals surface area contributed by atoms with Crippen molar-refractivity contribution in [3.05, 3.63) is 40.7 Å². The second-order valence-corrected chi connectivity index (χ2v) is 6.43. The van der Waals surface area contributed by atoms with Crippen molar-refractivity contribution in [3.63, 3.8) is 0 Å². The molecule has 0 spiro atoms. The number of methoxy groups -OCH3 is 1. The number of nitrogens with one attached hydrogen (secondary N) is 1. The van der Waals surface area contributed by atoms with E-state index in [0.717, 1.165) is 0 Å². The van der Waals surface area contributed by atoms with Crippen LogP contribution in [0.15, 0.2) is 29.2 Å². The quantitative estimate of drug-likeness (QED) is 0.933. The zero-order valence-corrected chi connectivity index (χ0v) is 13.3. The predicted molar refractivity (Wildman–Crippen MR) is 80.3 cm³/mol. The second-order valence-electron chi connectivity index (χ2n) is 4.32. The lowest BCUT2D eigenvalue weighted by molar-refractivity contribution is 0.378. The number of hydrogen-bond acceptors (Lipinski definition) is 5. The van der Waals surface area contributed by atoms with Crippen LogP contribution in [-0.2, 0) is 10.0 Å². The number of ether oxygens (including phenoxy) is 1. The minimum atomic E-state index is -3.72. The highest BCUT2D eigenvalue weighted by Crippen LogP contribution is 2.23. The molecule has 8 heteroatoms. The summed E-state index contributed by atoms with van der Waals surface area (Å²) in [5.74, 6) is 0. The van der Waals surface area contributed by atoms with Crippen LogP contribution in [-0.4, -0.2) is 25.5 Å². The van der Waals surface area contributed by atoms with E-state index in [1.54, 1.807) is 13.8 Å². The van der Waals surface area contributed by atoms with Gasteiger partial charge in [-0.2, -0.15) is 9.97 Å². The first-order chi connectivity index (χ1) is 9.83. The number of rotatable bonds is 4. The van der Waals surface area contributed by atoms with Gasteiger partial charge in [0.1, 0.15) is 0 Å². The molecule has 2 rings (SSSR count). The molecule has 0 radical (unpaired) electrons. The molecule has 0 aliphatic carbocycles. The van der Waals surface area contributed by atoms with Crippen LogP contribution in [0.2, 0.25) is 5.02 Å². The van der Waals surface area contributed by atoms with Gasteiger partial charge in [0.25, 0.3) is 10.0 Å². The molecule has 0 aliphatic rings. The minimum absolute atomic E-state index is 0.113. The van der Waals surface area contributed by atoms with Crippen molar-refractivity contribution >= 4 is 27.3 Å². The lowest BCUT2D eigenvalue weighted by Gasteiger charge is -2.13. The summed E-state index contributed by atoms with van der Waals surface area (Å²) in [6, 6.07) is 6.08. The van der Waals surface area contributed by atoms with Gasteiger partial charge >= 0.3 is 6.01 Å². The molecular weight excluding hydrogens is 314 g/mol. The number of sulfonamides is 1. The lowest BCUT2D eigenvalue weighted by Crippen LogP contribution is -2.16. The molecule has 0 fully saturated rings. The fourth-order valence-electron chi connectivity index (χ4n) is 1.73. The van der Waals surface area contributed by atoms with E-state index >= 15 is 0 Å². The molecule has 21 heavy (non-hydrogen) atoms. The summed E-state index contributed by atoms with van der Waals surface area (Å²) in [7, 11) is -2.27. The third-order valence-corrected chi connectivity index (χ3v) is 4.41. The Balaban J connectivity index is 2.39. The van der Waals surface area contributed by atoms with Gasteiger partial charge in [-0.05, 0) is 38.1 Å². The Morgan fingerprint density at radius 1 is 1.10 bits per heavy atom. The van der Waals surface area contributed by atoms with Crippen LogP contribution in [0.3, 0.4) is 0 Å². The monoisotopic (exact) mass is 327 g/mol. The van der Waals surface area contributed by atoms with E-state index in [2.05, 4.69) is 14.7 Å². The van der Waals surface area contributed by atoms with Gasteiger partial charge < -0.3 is 4.74 Å². The predicted octanol–water partition coefficient (Wildman–Crippen LogP) is 2.56. The van der Waals surface area contributed by atoms with E-state index in [-0.39, 0.29) is 10.9 Å². The molecule has 112 valence electrons. The highest BCUT2D eigenvalue weighted by Gasteiger charge is 2.18. The number of nitrogens with zero attached hydrogens (tertiary/aromatic N) is 2. The van der Waals surface area contributed by atoms with Gasteiger partial charge in [0.2, 0.25) is 0 Å². The van der Waals surface area contributed by atoms with Gasteiger partial charge in [-0.15, -0.1) is 0 Å². The van der Waals surface area contributed by atoms with Gasteiger partial charge in [0.15, 0.2) is 0 Å². The van der Waals surface area contributed by atoms with Gasteiger partial charge in [-0.25, -0.2) is 8.42 Å². The Morgan fingerprint density at radius 3 is 2.10 bits per heavy atom. The van der Waals surface area contributed by atoms with Crippen LogP contribution in [0.5, 0.6) is 6.01 Å². The summed E-state index contributed by atoms with van der Waals surface area (Å²) in [4.78, 5) is 8.24. The highest BCUT2D eigenvalue weighted by atomic mass is 35.5. The zero-order chi connectivity index (χ0) is 15.6. The van der Waals surface area contributed by atoms with E-state index in [0.29, 0.717) is 22.1 Å². The second kappa shape index (κ2) is 5.87. The Bertz CT molecular complexity index is 738. The molecule has 1 N–H and O–H groups in total. The Labute approximate surface area is 128 Å². The van der Waals surface area contributed by atoms with Crippen molar-refractivity contribution in [2.75, 3.05) is 11.8 Å². The summed E-state index contributed by atoms with van der Waals surface area (Å²) < 4.78 is 32.1. The van der Waals surface area contributed by atoms with Crippen molar-refractivity contribution < 1.29 is 13.2 Å². The van der Waals surface area contributed by atoms with Crippen LogP contribution < -0.4 is 9.46 Å². The number of aromatic nitrogens is 2. The molecule has 0 unspecified atom stereocenters. The molecule has 0 atom stereocenters.